The molecule has 7 heteroatoms. The molecule has 3 N–H and O–H groups in total. The van der Waals surface area contributed by atoms with Crippen LogP contribution < -0.4 is 11.1 Å². The first-order chi connectivity index (χ1) is 13.2. The van der Waals surface area contributed by atoms with Crippen LogP contribution in [0.5, 0.6) is 0 Å². The maximum atomic E-state index is 12.7. The quantitative estimate of drug-likeness (QED) is 0.604. The SMILES string of the molecule is CCCc1ccc(NC(=O)c2cccnc2SCc2ccnc(N)n2)cc1. The first-order valence-corrected chi connectivity index (χ1v) is 9.69. The van der Waals surface area contributed by atoms with Crippen LogP contribution in [0.2, 0.25) is 0 Å². The third-order valence-electron chi connectivity index (χ3n) is 3.85. The maximum Gasteiger partial charge on any atom is 0.258 e. The van der Waals surface area contributed by atoms with Gasteiger partial charge in [0.25, 0.3) is 5.91 Å². The summed E-state index contributed by atoms with van der Waals surface area (Å²) in [5.41, 5.74) is 8.96. The van der Waals surface area contributed by atoms with Gasteiger partial charge in [0.2, 0.25) is 5.95 Å². The highest BCUT2D eigenvalue weighted by Crippen LogP contribution is 2.24. The Labute approximate surface area is 162 Å². The molecule has 0 bridgehead atoms. The van der Waals surface area contributed by atoms with Crippen molar-refractivity contribution in [2.45, 2.75) is 30.5 Å². The number of nitrogens with two attached hydrogens (primary N) is 1. The predicted octanol–water partition coefficient (Wildman–Crippen LogP) is 3.95. The molecule has 0 radical (unpaired) electrons. The molecule has 138 valence electrons. The molecule has 0 saturated heterocycles. The van der Waals surface area contributed by atoms with E-state index in [2.05, 4.69) is 27.2 Å². The molecule has 0 unspecified atom stereocenters. The van der Waals surface area contributed by atoms with Crippen LogP contribution in [0, 0.1) is 0 Å². The Bertz CT molecular complexity index is 914. The van der Waals surface area contributed by atoms with E-state index in [4.69, 9.17) is 5.73 Å². The van der Waals surface area contributed by atoms with E-state index in [-0.39, 0.29) is 11.9 Å². The molecule has 1 aromatic carbocycles. The number of benzene rings is 1. The average Bonchev–Trinajstić information content (AvgIpc) is 2.68. The molecule has 0 atom stereocenters. The number of nitrogens with one attached hydrogen (secondary N) is 1. The van der Waals surface area contributed by atoms with E-state index in [1.165, 1.54) is 17.3 Å². The van der Waals surface area contributed by atoms with E-state index in [0.717, 1.165) is 24.2 Å². The van der Waals surface area contributed by atoms with Gasteiger partial charge in [0, 0.05) is 23.8 Å². The Balaban J connectivity index is 1.69. The topological polar surface area (TPSA) is 93.8 Å². The largest absolute Gasteiger partial charge is 0.368 e. The Morgan fingerprint density at radius 2 is 1.93 bits per heavy atom. The third kappa shape index (κ3) is 5.27. The third-order valence-corrected chi connectivity index (χ3v) is 4.89. The van der Waals surface area contributed by atoms with Gasteiger partial charge < -0.3 is 11.1 Å². The zero-order valence-corrected chi connectivity index (χ0v) is 15.9. The van der Waals surface area contributed by atoms with Crippen molar-refractivity contribution in [1.29, 1.82) is 0 Å². The molecular weight excluding hydrogens is 358 g/mol. The lowest BCUT2D eigenvalue weighted by Crippen LogP contribution is -2.13. The minimum atomic E-state index is -0.184. The number of anilines is 2. The van der Waals surface area contributed by atoms with E-state index < -0.39 is 0 Å². The normalized spacial score (nSPS) is 10.6. The summed E-state index contributed by atoms with van der Waals surface area (Å²) in [6.07, 6.45) is 5.42. The van der Waals surface area contributed by atoms with E-state index in [0.29, 0.717) is 16.3 Å². The zero-order chi connectivity index (χ0) is 19.1. The van der Waals surface area contributed by atoms with Crippen molar-refractivity contribution in [3.8, 4) is 0 Å². The monoisotopic (exact) mass is 379 g/mol. The van der Waals surface area contributed by atoms with E-state index in [1.807, 2.05) is 24.3 Å². The highest BCUT2D eigenvalue weighted by molar-refractivity contribution is 7.98. The molecule has 27 heavy (non-hydrogen) atoms. The number of hydrogen-bond acceptors (Lipinski definition) is 6. The summed E-state index contributed by atoms with van der Waals surface area (Å²) in [5, 5.41) is 3.59. The van der Waals surface area contributed by atoms with Gasteiger partial charge in [0.1, 0.15) is 5.03 Å². The van der Waals surface area contributed by atoms with Crippen molar-refractivity contribution in [2.24, 2.45) is 0 Å². The second-order valence-corrected chi connectivity index (χ2v) is 6.92. The Morgan fingerprint density at radius 3 is 2.67 bits per heavy atom. The number of thioether (sulfide) groups is 1. The maximum absolute atomic E-state index is 12.7. The number of pyridine rings is 1. The van der Waals surface area contributed by atoms with Crippen molar-refractivity contribution in [3.63, 3.8) is 0 Å². The smallest absolute Gasteiger partial charge is 0.258 e. The van der Waals surface area contributed by atoms with Crippen molar-refractivity contribution in [2.75, 3.05) is 11.1 Å². The molecule has 0 spiro atoms. The summed E-state index contributed by atoms with van der Waals surface area (Å²) >= 11 is 1.44. The number of nitrogen functional groups attached to an aromatic ring is 1. The van der Waals surface area contributed by atoms with Crippen molar-refractivity contribution in [1.82, 2.24) is 15.0 Å². The van der Waals surface area contributed by atoms with Gasteiger partial charge in [0.15, 0.2) is 0 Å². The number of rotatable bonds is 7. The number of amides is 1. The van der Waals surface area contributed by atoms with E-state index >= 15 is 0 Å². The molecule has 0 fully saturated rings. The summed E-state index contributed by atoms with van der Waals surface area (Å²) in [7, 11) is 0. The molecular formula is C20H21N5OS. The summed E-state index contributed by atoms with van der Waals surface area (Å²) in [4.78, 5) is 25.1. The van der Waals surface area contributed by atoms with E-state index in [9.17, 15) is 4.79 Å². The number of nitrogens with zero attached hydrogens (tertiary/aromatic N) is 3. The van der Waals surface area contributed by atoms with Crippen LogP contribution in [0.15, 0.2) is 59.9 Å². The lowest BCUT2D eigenvalue weighted by Gasteiger charge is -2.09. The summed E-state index contributed by atoms with van der Waals surface area (Å²) in [6.45, 7) is 2.15. The minimum absolute atomic E-state index is 0.184. The molecule has 3 aromatic rings. The van der Waals surface area contributed by atoms with Crippen LogP contribution >= 0.6 is 11.8 Å². The van der Waals surface area contributed by atoms with Crippen molar-refractivity contribution >= 4 is 29.3 Å². The van der Waals surface area contributed by atoms with Gasteiger partial charge in [0.05, 0.1) is 11.3 Å². The summed E-state index contributed by atoms with van der Waals surface area (Å²) < 4.78 is 0. The Kier molecular flexibility index (Phi) is 6.38. The fraction of sp³-hybridized carbons (Fsp3) is 0.200. The number of carbonyl (C=O) groups is 1. The Morgan fingerprint density at radius 1 is 1.11 bits per heavy atom. The number of carbonyl (C=O) groups excluding carboxylic acids is 1. The van der Waals surface area contributed by atoms with Crippen molar-refractivity contribution in [3.05, 3.63) is 71.7 Å². The lowest BCUT2D eigenvalue weighted by molar-refractivity contribution is 0.102. The van der Waals surface area contributed by atoms with Crippen LogP contribution in [-0.4, -0.2) is 20.9 Å². The van der Waals surface area contributed by atoms with Crippen molar-refractivity contribution < 1.29 is 4.79 Å². The van der Waals surface area contributed by atoms with Gasteiger partial charge in [-0.1, -0.05) is 37.2 Å². The van der Waals surface area contributed by atoms with Gasteiger partial charge in [-0.3, -0.25) is 4.79 Å². The number of aryl methyl sites for hydroxylation is 1. The fourth-order valence-electron chi connectivity index (χ4n) is 2.56. The molecule has 0 saturated carbocycles. The van der Waals surface area contributed by atoms with Gasteiger partial charge in [-0.2, -0.15) is 0 Å². The van der Waals surface area contributed by atoms with Crippen LogP contribution in [-0.2, 0) is 12.2 Å². The first-order valence-electron chi connectivity index (χ1n) is 8.71. The van der Waals surface area contributed by atoms with Crippen LogP contribution in [0.1, 0.15) is 35.0 Å². The van der Waals surface area contributed by atoms with E-state index in [1.54, 1.807) is 30.6 Å². The first kappa shape index (κ1) is 18.8. The highest BCUT2D eigenvalue weighted by atomic mass is 32.2. The summed E-state index contributed by atoms with van der Waals surface area (Å²) in [5.74, 6) is 0.602. The van der Waals surface area contributed by atoms with Crippen LogP contribution in [0.25, 0.3) is 0 Å². The molecule has 2 aromatic heterocycles. The zero-order valence-electron chi connectivity index (χ0n) is 15.1. The second-order valence-electron chi connectivity index (χ2n) is 5.95. The standard InChI is InChI=1S/C20H21N5OS/c1-2-4-14-6-8-15(9-7-14)24-18(26)17-5-3-11-22-19(17)27-13-16-10-12-23-20(21)25-16/h3,5-12H,2,4,13H2,1H3,(H,24,26)(H2,21,23,25). The highest BCUT2D eigenvalue weighted by Gasteiger charge is 2.13. The molecule has 1 amide bonds. The molecule has 2 heterocycles. The van der Waals surface area contributed by atoms with Gasteiger partial charge in [-0.25, -0.2) is 15.0 Å². The lowest BCUT2D eigenvalue weighted by atomic mass is 10.1. The summed E-state index contributed by atoms with van der Waals surface area (Å²) in [6, 6.07) is 13.3. The van der Waals surface area contributed by atoms with Crippen LogP contribution in [0.4, 0.5) is 11.6 Å². The average molecular weight is 379 g/mol. The second kappa shape index (κ2) is 9.14. The van der Waals surface area contributed by atoms with Gasteiger partial charge in [-0.15, -0.1) is 0 Å². The molecule has 6 nitrogen and oxygen atoms in total. The molecule has 0 aliphatic carbocycles. The van der Waals surface area contributed by atoms with Gasteiger partial charge >= 0.3 is 0 Å². The predicted molar refractivity (Wildman–Crippen MR) is 109 cm³/mol. The van der Waals surface area contributed by atoms with Crippen LogP contribution in [0.3, 0.4) is 0 Å². The van der Waals surface area contributed by atoms with Gasteiger partial charge in [-0.05, 0) is 42.3 Å². The fourth-order valence-corrected chi connectivity index (χ4v) is 3.45. The minimum Gasteiger partial charge on any atom is -0.368 e. The molecule has 0 aliphatic heterocycles. The molecule has 3 rings (SSSR count). The number of aromatic nitrogens is 3. The molecule has 0 aliphatic rings. The number of hydrogen-bond donors (Lipinski definition) is 2. The Hall–Kier alpha value is -2.93.